The van der Waals surface area contributed by atoms with Gasteiger partial charge in [0.1, 0.15) is 6.04 Å². The van der Waals surface area contributed by atoms with Crippen LogP contribution in [0, 0.1) is 0 Å². The lowest BCUT2D eigenvalue weighted by molar-refractivity contribution is -0.132. The molecule has 1 amide bonds. The predicted octanol–water partition coefficient (Wildman–Crippen LogP) is 3.49. The molecule has 1 unspecified atom stereocenters. The van der Waals surface area contributed by atoms with Gasteiger partial charge in [0.15, 0.2) is 0 Å². The third-order valence-electron chi connectivity index (χ3n) is 5.39. The number of amides is 1. The van der Waals surface area contributed by atoms with Gasteiger partial charge in [0, 0.05) is 25.2 Å². The minimum absolute atomic E-state index is 0.00532. The van der Waals surface area contributed by atoms with E-state index in [1.807, 2.05) is 14.1 Å². The van der Waals surface area contributed by atoms with Crippen molar-refractivity contribution in [1.82, 2.24) is 9.47 Å². The molecular formula is C19H24N2O. The highest BCUT2D eigenvalue weighted by molar-refractivity contribution is 5.92. The molecule has 2 heterocycles. The third kappa shape index (κ3) is 1.91. The van der Waals surface area contributed by atoms with Gasteiger partial charge in [0.25, 0.3) is 0 Å². The lowest BCUT2D eigenvalue weighted by Gasteiger charge is -2.29. The molecule has 0 spiro atoms. The topological polar surface area (TPSA) is 25.2 Å². The summed E-state index contributed by atoms with van der Waals surface area (Å²) in [6.07, 6.45) is 8.09. The van der Waals surface area contributed by atoms with Crippen LogP contribution in [0.5, 0.6) is 0 Å². The molecule has 2 aromatic rings. The number of benzene rings is 1. The molecule has 116 valence electrons. The van der Waals surface area contributed by atoms with E-state index in [0.717, 1.165) is 19.3 Å². The predicted molar refractivity (Wildman–Crippen MR) is 89.2 cm³/mol. The van der Waals surface area contributed by atoms with Gasteiger partial charge in [-0.3, -0.25) is 4.79 Å². The van der Waals surface area contributed by atoms with E-state index < -0.39 is 0 Å². The second-order valence-electron chi connectivity index (χ2n) is 6.96. The van der Waals surface area contributed by atoms with Gasteiger partial charge in [0.2, 0.25) is 5.91 Å². The third-order valence-corrected chi connectivity index (χ3v) is 5.39. The number of nitrogens with zero attached hydrogens (tertiary/aromatic N) is 2. The van der Waals surface area contributed by atoms with Crippen molar-refractivity contribution in [2.24, 2.45) is 0 Å². The van der Waals surface area contributed by atoms with E-state index in [9.17, 15) is 4.79 Å². The maximum absolute atomic E-state index is 12.7. The van der Waals surface area contributed by atoms with Crippen LogP contribution in [0.15, 0.2) is 18.2 Å². The number of fused-ring (bicyclic) bond motifs is 3. The Hall–Kier alpha value is -1.77. The summed E-state index contributed by atoms with van der Waals surface area (Å²) < 4.78 is 2.41. The number of hydrogen-bond acceptors (Lipinski definition) is 1. The zero-order chi connectivity index (χ0) is 15.3. The lowest BCUT2D eigenvalue weighted by Crippen LogP contribution is -2.34. The Morgan fingerprint density at radius 2 is 1.95 bits per heavy atom. The Kier molecular flexibility index (Phi) is 3.24. The van der Waals surface area contributed by atoms with Crippen molar-refractivity contribution < 1.29 is 4.79 Å². The average Bonchev–Trinajstić information content (AvgIpc) is 2.70. The summed E-state index contributed by atoms with van der Waals surface area (Å²) in [5.41, 5.74) is 5.74. The van der Waals surface area contributed by atoms with Crippen molar-refractivity contribution in [2.45, 2.75) is 51.0 Å². The van der Waals surface area contributed by atoms with E-state index in [2.05, 4.69) is 22.8 Å². The fourth-order valence-corrected chi connectivity index (χ4v) is 4.38. The van der Waals surface area contributed by atoms with Gasteiger partial charge in [-0.05, 0) is 49.7 Å². The van der Waals surface area contributed by atoms with Crippen LogP contribution in [0.25, 0.3) is 10.9 Å². The molecule has 3 nitrogen and oxygen atoms in total. The maximum Gasteiger partial charge on any atom is 0.245 e. The zero-order valence-electron chi connectivity index (χ0n) is 13.6. The standard InChI is InChI=1S/C19H24N2O/c1-20(2)19(22)17-12-11-13-7-6-9-15-14-8-4-3-5-10-16(14)21(17)18(13)15/h6-7,9,17H,3-5,8,10-12H2,1-2H3. The summed E-state index contributed by atoms with van der Waals surface area (Å²) >= 11 is 0. The lowest BCUT2D eigenvalue weighted by atomic mass is 9.97. The van der Waals surface area contributed by atoms with Gasteiger partial charge in [-0.15, -0.1) is 0 Å². The molecule has 1 atom stereocenters. The number of carbonyl (C=O) groups is 1. The molecule has 0 bridgehead atoms. The second kappa shape index (κ2) is 5.15. The van der Waals surface area contributed by atoms with Gasteiger partial charge < -0.3 is 9.47 Å². The number of likely N-dealkylation sites (N-methyl/N-ethyl adjacent to an activating group) is 1. The first-order valence-corrected chi connectivity index (χ1v) is 8.53. The van der Waals surface area contributed by atoms with Gasteiger partial charge >= 0.3 is 0 Å². The molecule has 0 N–H and O–H groups in total. The molecule has 1 aromatic carbocycles. The van der Waals surface area contributed by atoms with E-state index >= 15 is 0 Å². The Morgan fingerprint density at radius 3 is 2.77 bits per heavy atom. The molecule has 0 saturated heterocycles. The largest absolute Gasteiger partial charge is 0.347 e. The summed E-state index contributed by atoms with van der Waals surface area (Å²) in [6, 6.07) is 6.70. The van der Waals surface area contributed by atoms with Crippen molar-refractivity contribution in [3.63, 3.8) is 0 Å². The molecule has 1 aliphatic carbocycles. The molecular weight excluding hydrogens is 272 g/mol. The Morgan fingerprint density at radius 1 is 1.14 bits per heavy atom. The fraction of sp³-hybridized carbons (Fsp3) is 0.526. The first kappa shape index (κ1) is 13.9. The van der Waals surface area contributed by atoms with Crippen LogP contribution in [0.1, 0.15) is 48.5 Å². The minimum Gasteiger partial charge on any atom is -0.347 e. The molecule has 22 heavy (non-hydrogen) atoms. The van der Waals surface area contributed by atoms with Crippen molar-refractivity contribution in [3.05, 3.63) is 35.0 Å². The van der Waals surface area contributed by atoms with Crippen LogP contribution in [-0.4, -0.2) is 29.5 Å². The summed E-state index contributed by atoms with van der Waals surface area (Å²) in [4.78, 5) is 14.5. The Balaban J connectivity index is 1.99. The minimum atomic E-state index is -0.00532. The summed E-state index contributed by atoms with van der Waals surface area (Å²) in [6.45, 7) is 0. The number of para-hydroxylation sites is 1. The molecule has 1 aliphatic heterocycles. The molecule has 0 saturated carbocycles. The number of aryl methyl sites for hydroxylation is 2. The molecule has 4 rings (SSSR count). The van der Waals surface area contributed by atoms with Crippen LogP contribution in [0.2, 0.25) is 0 Å². The fourth-order valence-electron chi connectivity index (χ4n) is 4.38. The monoisotopic (exact) mass is 296 g/mol. The van der Waals surface area contributed by atoms with Crippen LogP contribution in [0.4, 0.5) is 0 Å². The highest BCUT2D eigenvalue weighted by Gasteiger charge is 2.32. The van der Waals surface area contributed by atoms with Crippen molar-refractivity contribution in [3.8, 4) is 0 Å². The highest BCUT2D eigenvalue weighted by Crippen LogP contribution is 2.40. The molecule has 2 aliphatic rings. The molecule has 3 heteroatoms. The van der Waals surface area contributed by atoms with E-state index in [1.54, 1.807) is 4.90 Å². The highest BCUT2D eigenvalue weighted by atomic mass is 16.2. The number of carbonyl (C=O) groups excluding carboxylic acids is 1. The molecule has 0 radical (unpaired) electrons. The Labute approximate surface area is 131 Å². The molecule has 0 fully saturated rings. The van der Waals surface area contributed by atoms with Gasteiger partial charge in [0.05, 0.1) is 5.52 Å². The smallest absolute Gasteiger partial charge is 0.245 e. The summed E-state index contributed by atoms with van der Waals surface area (Å²) in [7, 11) is 3.75. The van der Waals surface area contributed by atoms with Gasteiger partial charge in [-0.1, -0.05) is 24.6 Å². The first-order chi connectivity index (χ1) is 10.7. The van der Waals surface area contributed by atoms with Crippen LogP contribution in [-0.2, 0) is 24.1 Å². The van der Waals surface area contributed by atoms with E-state index in [4.69, 9.17) is 0 Å². The van der Waals surface area contributed by atoms with Crippen LogP contribution >= 0.6 is 0 Å². The SMILES string of the molecule is CN(C)C(=O)C1CCc2cccc3c4c(n1c23)CCCCC4. The van der Waals surface area contributed by atoms with E-state index in [-0.39, 0.29) is 11.9 Å². The van der Waals surface area contributed by atoms with Gasteiger partial charge in [-0.2, -0.15) is 0 Å². The van der Waals surface area contributed by atoms with Crippen LogP contribution < -0.4 is 0 Å². The Bertz CT molecular complexity index is 741. The quantitative estimate of drug-likeness (QED) is 0.740. The van der Waals surface area contributed by atoms with Crippen molar-refractivity contribution >= 4 is 16.8 Å². The molecule has 1 aromatic heterocycles. The van der Waals surface area contributed by atoms with Crippen LogP contribution in [0.3, 0.4) is 0 Å². The number of hydrogen-bond donors (Lipinski definition) is 0. The van der Waals surface area contributed by atoms with E-state index in [1.165, 1.54) is 53.4 Å². The maximum atomic E-state index is 12.7. The number of rotatable bonds is 1. The van der Waals surface area contributed by atoms with E-state index in [0.29, 0.717) is 0 Å². The zero-order valence-corrected chi connectivity index (χ0v) is 13.6. The first-order valence-electron chi connectivity index (χ1n) is 8.53. The normalized spacial score (nSPS) is 20.5. The van der Waals surface area contributed by atoms with Crippen molar-refractivity contribution in [2.75, 3.05) is 14.1 Å². The average molecular weight is 296 g/mol. The summed E-state index contributed by atoms with van der Waals surface area (Å²) in [5.74, 6) is 0.249. The summed E-state index contributed by atoms with van der Waals surface area (Å²) in [5, 5.41) is 1.41. The van der Waals surface area contributed by atoms with Gasteiger partial charge in [-0.25, -0.2) is 0 Å². The number of aromatic nitrogens is 1. The second-order valence-corrected chi connectivity index (χ2v) is 6.96. The van der Waals surface area contributed by atoms with Crippen molar-refractivity contribution in [1.29, 1.82) is 0 Å².